The van der Waals surface area contributed by atoms with E-state index in [-0.39, 0.29) is 11.3 Å². The summed E-state index contributed by atoms with van der Waals surface area (Å²) in [5.74, 6) is 0.422. The van der Waals surface area contributed by atoms with E-state index in [1.807, 2.05) is 81.4 Å². The maximum absolute atomic E-state index is 12.9. The van der Waals surface area contributed by atoms with Gasteiger partial charge >= 0.3 is 0 Å². The number of benzene rings is 2. The number of nitrogens with zero attached hydrogens (tertiary/aromatic N) is 1. The van der Waals surface area contributed by atoms with Crippen molar-refractivity contribution >= 4 is 5.91 Å². The van der Waals surface area contributed by atoms with Gasteiger partial charge in [0, 0.05) is 17.5 Å². The van der Waals surface area contributed by atoms with E-state index in [4.69, 9.17) is 4.52 Å². The van der Waals surface area contributed by atoms with Gasteiger partial charge in [-0.2, -0.15) is 0 Å². The average molecular weight is 334 g/mol. The van der Waals surface area contributed by atoms with Gasteiger partial charge in [-0.15, -0.1) is 0 Å². The Hall–Kier alpha value is -2.88. The van der Waals surface area contributed by atoms with Gasteiger partial charge in [0.25, 0.3) is 5.91 Å². The molecule has 0 unspecified atom stereocenters. The van der Waals surface area contributed by atoms with E-state index in [2.05, 4.69) is 10.5 Å². The Bertz CT molecular complexity index is 847. The van der Waals surface area contributed by atoms with Crippen molar-refractivity contribution in [2.45, 2.75) is 32.7 Å². The second kappa shape index (κ2) is 6.93. The number of rotatable bonds is 4. The third kappa shape index (κ3) is 3.79. The Morgan fingerprint density at radius 2 is 1.60 bits per heavy atom. The number of carbonyl (C=O) groups is 1. The van der Waals surface area contributed by atoms with Gasteiger partial charge in [0.2, 0.25) is 0 Å². The van der Waals surface area contributed by atoms with Gasteiger partial charge in [0.1, 0.15) is 11.3 Å². The summed E-state index contributed by atoms with van der Waals surface area (Å²) in [5, 5.41) is 7.18. The van der Waals surface area contributed by atoms with Gasteiger partial charge in [-0.3, -0.25) is 4.79 Å². The molecule has 2 aromatic carbocycles. The maximum atomic E-state index is 12.9. The van der Waals surface area contributed by atoms with E-state index in [0.717, 1.165) is 11.1 Å². The molecular formula is C21H22N2O2. The lowest BCUT2D eigenvalue weighted by Gasteiger charge is -2.16. The standard InChI is InChI=1S/C21H22N2O2/c1-21(2,3)19-17(18(23-25-19)16-12-8-5-9-13-16)20(24)22-14-15-10-6-4-7-11-15/h4-13H,14H2,1-3H3,(H,22,24). The molecule has 0 aliphatic carbocycles. The molecule has 25 heavy (non-hydrogen) atoms. The molecule has 0 radical (unpaired) electrons. The molecule has 1 aromatic heterocycles. The first-order valence-corrected chi connectivity index (χ1v) is 8.34. The first-order chi connectivity index (χ1) is 12.0. The van der Waals surface area contributed by atoms with Crippen molar-refractivity contribution in [2.24, 2.45) is 0 Å². The van der Waals surface area contributed by atoms with Crippen LogP contribution in [0.15, 0.2) is 65.2 Å². The highest BCUT2D eigenvalue weighted by Gasteiger charge is 2.31. The average Bonchev–Trinajstić information content (AvgIpc) is 3.07. The number of hydrogen-bond acceptors (Lipinski definition) is 3. The maximum Gasteiger partial charge on any atom is 0.257 e. The number of aromatic nitrogens is 1. The van der Waals surface area contributed by atoms with Crippen LogP contribution in [0.2, 0.25) is 0 Å². The quantitative estimate of drug-likeness (QED) is 0.760. The van der Waals surface area contributed by atoms with Crippen LogP contribution in [0.5, 0.6) is 0 Å². The molecule has 1 N–H and O–H groups in total. The van der Waals surface area contributed by atoms with Crippen LogP contribution in [-0.4, -0.2) is 11.1 Å². The first-order valence-electron chi connectivity index (χ1n) is 8.34. The fourth-order valence-electron chi connectivity index (χ4n) is 2.67. The van der Waals surface area contributed by atoms with Crippen LogP contribution in [0.4, 0.5) is 0 Å². The number of nitrogens with one attached hydrogen (secondary N) is 1. The van der Waals surface area contributed by atoms with Crippen molar-refractivity contribution in [3.8, 4) is 11.3 Å². The highest BCUT2D eigenvalue weighted by molar-refractivity contribution is 6.01. The molecule has 0 bridgehead atoms. The Morgan fingerprint density at radius 3 is 2.20 bits per heavy atom. The number of hydrogen-bond donors (Lipinski definition) is 1. The fourth-order valence-corrected chi connectivity index (χ4v) is 2.67. The fraction of sp³-hybridized carbons (Fsp3) is 0.238. The van der Waals surface area contributed by atoms with Crippen LogP contribution >= 0.6 is 0 Å². The number of carbonyl (C=O) groups excluding carboxylic acids is 1. The Kier molecular flexibility index (Phi) is 4.70. The minimum atomic E-state index is -0.320. The summed E-state index contributed by atoms with van der Waals surface area (Å²) in [4.78, 5) is 12.9. The van der Waals surface area contributed by atoms with Crippen molar-refractivity contribution in [3.05, 3.63) is 77.6 Å². The Morgan fingerprint density at radius 1 is 1.00 bits per heavy atom. The van der Waals surface area contributed by atoms with Crippen LogP contribution in [0.1, 0.15) is 42.5 Å². The van der Waals surface area contributed by atoms with Gasteiger partial charge in [-0.05, 0) is 5.56 Å². The predicted octanol–water partition coefficient (Wildman–Crippen LogP) is 4.57. The topological polar surface area (TPSA) is 55.1 Å². The molecule has 1 heterocycles. The lowest BCUT2D eigenvalue weighted by atomic mass is 9.88. The summed E-state index contributed by atoms with van der Waals surface area (Å²) >= 11 is 0. The van der Waals surface area contributed by atoms with Crippen LogP contribution in [0.25, 0.3) is 11.3 Å². The minimum Gasteiger partial charge on any atom is -0.359 e. The van der Waals surface area contributed by atoms with Crippen LogP contribution in [0.3, 0.4) is 0 Å². The lowest BCUT2D eigenvalue weighted by molar-refractivity contribution is 0.0947. The zero-order valence-corrected chi connectivity index (χ0v) is 14.7. The highest BCUT2D eigenvalue weighted by atomic mass is 16.5. The summed E-state index contributed by atoms with van der Waals surface area (Å²) < 4.78 is 5.58. The molecule has 0 saturated heterocycles. The first kappa shape index (κ1) is 17.0. The Balaban J connectivity index is 1.95. The van der Waals surface area contributed by atoms with E-state index in [0.29, 0.717) is 23.6 Å². The molecule has 4 nitrogen and oxygen atoms in total. The molecule has 0 aliphatic rings. The van der Waals surface area contributed by atoms with Crippen LogP contribution in [-0.2, 0) is 12.0 Å². The normalized spacial score (nSPS) is 11.3. The second-order valence-corrected chi connectivity index (χ2v) is 7.02. The molecule has 0 saturated carbocycles. The van der Waals surface area contributed by atoms with E-state index in [1.54, 1.807) is 0 Å². The molecule has 128 valence electrons. The summed E-state index contributed by atoms with van der Waals surface area (Å²) in [7, 11) is 0. The molecule has 0 spiro atoms. The molecule has 4 heteroatoms. The zero-order chi connectivity index (χ0) is 17.9. The highest BCUT2D eigenvalue weighted by Crippen LogP contribution is 2.33. The zero-order valence-electron chi connectivity index (χ0n) is 14.7. The smallest absolute Gasteiger partial charge is 0.257 e. The molecule has 0 aliphatic heterocycles. The van der Waals surface area contributed by atoms with Crippen molar-refractivity contribution in [1.29, 1.82) is 0 Å². The summed E-state index contributed by atoms with van der Waals surface area (Å²) in [6.07, 6.45) is 0. The third-order valence-corrected chi connectivity index (χ3v) is 3.94. The molecule has 3 rings (SSSR count). The Labute approximate surface area is 147 Å². The van der Waals surface area contributed by atoms with Crippen molar-refractivity contribution in [2.75, 3.05) is 0 Å². The summed E-state index contributed by atoms with van der Waals surface area (Å²) in [6, 6.07) is 19.5. The van der Waals surface area contributed by atoms with Crippen molar-refractivity contribution in [3.63, 3.8) is 0 Å². The van der Waals surface area contributed by atoms with Gasteiger partial charge in [-0.1, -0.05) is 86.6 Å². The van der Waals surface area contributed by atoms with Gasteiger partial charge in [-0.25, -0.2) is 0 Å². The minimum absolute atomic E-state index is 0.172. The van der Waals surface area contributed by atoms with Crippen molar-refractivity contribution < 1.29 is 9.32 Å². The van der Waals surface area contributed by atoms with Gasteiger partial charge < -0.3 is 9.84 Å². The number of amides is 1. The van der Waals surface area contributed by atoms with Gasteiger partial charge in [0.15, 0.2) is 5.76 Å². The molecule has 0 fully saturated rings. The lowest BCUT2D eigenvalue weighted by Crippen LogP contribution is -2.26. The second-order valence-electron chi connectivity index (χ2n) is 7.02. The molecule has 0 atom stereocenters. The molecular weight excluding hydrogens is 312 g/mol. The third-order valence-electron chi connectivity index (χ3n) is 3.94. The van der Waals surface area contributed by atoms with Gasteiger partial charge in [0.05, 0.1) is 0 Å². The van der Waals surface area contributed by atoms with E-state index < -0.39 is 0 Å². The SMILES string of the molecule is CC(C)(C)c1onc(-c2ccccc2)c1C(=O)NCc1ccccc1. The molecule has 1 amide bonds. The van der Waals surface area contributed by atoms with E-state index >= 15 is 0 Å². The van der Waals surface area contributed by atoms with Crippen LogP contribution < -0.4 is 5.32 Å². The predicted molar refractivity (Wildman–Crippen MR) is 98.3 cm³/mol. The molecule has 3 aromatic rings. The van der Waals surface area contributed by atoms with Crippen LogP contribution in [0, 0.1) is 0 Å². The van der Waals surface area contributed by atoms with E-state index in [1.165, 1.54) is 0 Å². The van der Waals surface area contributed by atoms with E-state index in [9.17, 15) is 4.79 Å². The summed E-state index contributed by atoms with van der Waals surface area (Å²) in [5.41, 5.74) is 2.68. The van der Waals surface area contributed by atoms with Crippen molar-refractivity contribution in [1.82, 2.24) is 10.5 Å². The summed E-state index contributed by atoms with van der Waals surface area (Å²) in [6.45, 7) is 6.49. The monoisotopic (exact) mass is 334 g/mol. The largest absolute Gasteiger partial charge is 0.359 e.